The van der Waals surface area contributed by atoms with Crippen LogP contribution in [0.1, 0.15) is 19.2 Å². The predicted molar refractivity (Wildman–Crippen MR) is 85.1 cm³/mol. The number of carbonyl (C=O) groups is 1. The zero-order valence-electron chi connectivity index (χ0n) is 13.5. The van der Waals surface area contributed by atoms with Gasteiger partial charge in [-0.1, -0.05) is 12.1 Å². The van der Waals surface area contributed by atoms with Crippen molar-refractivity contribution in [3.05, 3.63) is 30.2 Å². The molecule has 0 N–H and O–H groups in total. The normalized spacial score (nSPS) is 22.3. The number of fused-ring (bicyclic) bond motifs is 1. The summed E-state index contributed by atoms with van der Waals surface area (Å²) in [5.74, 6) is 0.456. The third-order valence-corrected chi connectivity index (χ3v) is 4.00. The van der Waals surface area contributed by atoms with Gasteiger partial charge in [0, 0.05) is 19.5 Å². The summed E-state index contributed by atoms with van der Waals surface area (Å²) in [7, 11) is 1.39. The molecule has 0 saturated carbocycles. The van der Waals surface area contributed by atoms with Crippen molar-refractivity contribution in [3.8, 4) is 0 Å². The first kappa shape index (κ1) is 16.0. The highest BCUT2D eigenvalue weighted by Crippen LogP contribution is 2.17. The van der Waals surface area contributed by atoms with Crippen LogP contribution in [0.4, 0.5) is 0 Å². The topological polar surface area (TPSA) is 64.8 Å². The summed E-state index contributed by atoms with van der Waals surface area (Å²) < 4.78 is 16.1. The summed E-state index contributed by atoms with van der Waals surface area (Å²) in [6.45, 7) is 4.24. The number of hydrogen-bond acceptors (Lipinski definition) is 6. The number of para-hydroxylation sites is 2. The third kappa shape index (κ3) is 3.89. The number of ether oxygens (including phenoxy) is 2. The molecule has 6 nitrogen and oxygen atoms in total. The van der Waals surface area contributed by atoms with E-state index in [1.165, 1.54) is 7.11 Å². The van der Waals surface area contributed by atoms with Gasteiger partial charge in [0.1, 0.15) is 5.52 Å². The number of rotatable bonds is 5. The first-order chi connectivity index (χ1) is 11.2. The van der Waals surface area contributed by atoms with Crippen LogP contribution in [-0.4, -0.2) is 54.8 Å². The number of morpholine rings is 1. The molecule has 0 spiro atoms. The van der Waals surface area contributed by atoms with E-state index in [4.69, 9.17) is 13.9 Å². The third-order valence-electron chi connectivity index (χ3n) is 4.00. The van der Waals surface area contributed by atoms with Crippen LogP contribution in [0.15, 0.2) is 28.7 Å². The quantitative estimate of drug-likeness (QED) is 0.786. The lowest BCUT2D eigenvalue weighted by atomic mass is 10.2. The molecule has 1 fully saturated rings. The van der Waals surface area contributed by atoms with Crippen LogP contribution in [0, 0.1) is 0 Å². The maximum atomic E-state index is 11.7. The van der Waals surface area contributed by atoms with E-state index in [9.17, 15) is 4.79 Å². The van der Waals surface area contributed by atoms with Crippen molar-refractivity contribution < 1.29 is 18.7 Å². The maximum absolute atomic E-state index is 11.7. The molecule has 0 bridgehead atoms. The van der Waals surface area contributed by atoms with Gasteiger partial charge in [-0.3, -0.25) is 4.90 Å². The molecule has 3 rings (SSSR count). The largest absolute Gasteiger partial charge is 0.467 e. The number of benzene rings is 1. The van der Waals surface area contributed by atoms with Crippen molar-refractivity contribution >= 4 is 17.1 Å². The minimum atomic E-state index is -0.493. The highest BCUT2D eigenvalue weighted by molar-refractivity contribution is 5.75. The second-order valence-corrected chi connectivity index (χ2v) is 5.90. The van der Waals surface area contributed by atoms with Crippen molar-refractivity contribution in [3.63, 3.8) is 0 Å². The van der Waals surface area contributed by atoms with E-state index in [1.807, 2.05) is 31.2 Å². The number of carbonyl (C=O) groups excluding carboxylic acids is 1. The van der Waals surface area contributed by atoms with Crippen molar-refractivity contribution in [2.75, 3.05) is 26.7 Å². The van der Waals surface area contributed by atoms with Crippen LogP contribution >= 0.6 is 0 Å². The molecule has 6 heteroatoms. The van der Waals surface area contributed by atoms with Crippen LogP contribution in [0.2, 0.25) is 0 Å². The zero-order valence-corrected chi connectivity index (χ0v) is 13.5. The molecular weight excluding hydrogens is 296 g/mol. The maximum Gasteiger partial charge on any atom is 0.336 e. The van der Waals surface area contributed by atoms with Crippen LogP contribution in [-0.2, 0) is 20.7 Å². The fourth-order valence-electron chi connectivity index (χ4n) is 2.96. The Kier molecular flexibility index (Phi) is 4.93. The first-order valence-corrected chi connectivity index (χ1v) is 7.96. The average Bonchev–Trinajstić information content (AvgIpc) is 2.96. The van der Waals surface area contributed by atoms with Crippen molar-refractivity contribution in [1.82, 2.24) is 9.88 Å². The molecule has 1 saturated heterocycles. The van der Waals surface area contributed by atoms with E-state index < -0.39 is 6.10 Å². The Morgan fingerprint density at radius 1 is 1.39 bits per heavy atom. The van der Waals surface area contributed by atoms with Gasteiger partial charge in [0.25, 0.3) is 0 Å². The van der Waals surface area contributed by atoms with E-state index in [-0.39, 0.29) is 12.1 Å². The van der Waals surface area contributed by atoms with E-state index in [0.717, 1.165) is 42.9 Å². The Bertz CT molecular complexity index is 636. The van der Waals surface area contributed by atoms with E-state index in [2.05, 4.69) is 9.88 Å². The molecule has 1 aromatic heterocycles. The lowest BCUT2D eigenvalue weighted by Gasteiger charge is -2.35. The number of aryl methyl sites for hydroxylation is 1. The number of nitrogens with zero attached hydrogens (tertiary/aromatic N) is 2. The second-order valence-electron chi connectivity index (χ2n) is 5.90. The Morgan fingerprint density at radius 3 is 3.00 bits per heavy atom. The fraction of sp³-hybridized carbons (Fsp3) is 0.529. The van der Waals surface area contributed by atoms with Crippen LogP contribution in [0.3, 0.4) is 0 Å². The summed E-state index contributed by atoms with van der Waals surface area (Å²) in [6.07, 6.45) is 1.24. The number of oxazole rings is 1. The lowest BCUT2D eigenvalue weighted by Crippen LogP contribution is -2.50. The molecule has 1 aromatic carbocycles. The van der Waals surface area contributed by atoms with Gasteiger partial charge >= 0.3 is 5.97 Å². The number of methoxy groups -OCH3 is 1. The number of esters is 1. The summed E-state index contributed by atoms with van der Waals surface area (Å²) in [4.78, 5) is 18.4. The highest BCUT2D eigenvalue weighted by Gasteiger charge is 2.30. The van der Waals surface area contributed by atoms with Crippen LogP contribution in [0.25, 0.3) is 11.1 Å². The van der Waals surface area contributed by atoms with Gasteiger partial charge in [0.05, 0.1) is 13.2 Å². The van der Waals surface area contributed by atoms with E-state index in [0.29, 0.717) is 6.54 Å². The summed E-state index contributed by atoms with van der Waals surface area (Å²) >= 11 is 0. The van der Waals surface area contributed by atoms with Gasteiger partial charge in [-0.2, -0.15) is 0 Å². The van der Waals surface area contributed by atoms with E-state index in [1.54, 1.807) is 0 Å². The molecule has 0 aliphatic carbocycles. The second kappa shape index (κ2) is 7.10. The minimum Gasteiger partial charge on any atom is -0.467 e. The molecule has 1 aliphatic rings. The predicted octanol–water partition coefficient (Wildman–Crippen LogP) is 2.02. The average molecular weight is 318 g/mol. The fourth-order valence-corrected chi connectivity index (χ4v) is 2.96. The van der Waals surface area contributed by atoms with Gasteiger partial charge in [-0.15, -0.1) is 0 Å². The van der Waals surface area contributed by atoms with Crippen molar-refractivity contribution in [1.29, 1.82) is 0 Å². The van der Waals surface area contributed by atoms with Crippen molar-refractivity contribution in [2.24, 2.45) is 0 Å². The Balaban J connectivity index is 1.52. The molecule has 2 atom stereocenters. The molecule has 0 amide bonds. The molecule has 1 unspecified atom stereocenters. The minimum absolute atomic E-state index is 0.0252. The molecule has 23 heavy (non-hydrogen) atoms. The van der Waals surface area contributed by atoms with Gasteiger partial charge in [-0.25, -0.2) is 9.78 Å². The highest BCUT2D eigenvalue weighted by atomic mass is 16.6. The summed E-state index contributed by atoms with van der Waals surface area (Å²) in [5.41, 5.74) is 1.72. The molecule has 1 aliphatic heterocycles. The number of aromatic nitrogens is 1. The van der Waals surface area contributed by atoms with Gasteiger partial charge in [-0.05, 0) is 32.0 Å². The Morgan fingerprint density at radius 2 is 2.22 bits per heavy atom. The van der Waals surface area contributed by atoms with Crippen molar-refractivity contribution in [2.45, 2.75) is 32.0 Å². The SMILES string of the molecule is COC(=O)C1CN(CCCc2nc3ccccc3o2)C[C@@H](C)O1. The first-order valence-electron chi connectivity index (χ1n) is 7.96. The Hall–Kier alpha value is -1.92. The number of hydrogen-bond donors (Lipinski definition) is 0. The zero-order chi connectivity index (χ0) is 16.2. The molecular formula is C17H22N2O4. The lowest BCUT2D eigenvalue weighted by molar-refractivity contribution is -0.166. The molecule has 124 valence electrons. The standard InChI is InChI=1S/C17H22N2O4/c1-12-10-19(11-15(22-12)17(20)21-2)9-5-8-16-18-13-6-3-4-7-14(13)23-16/h3-4,6-7,12,15H,5,8-11H2,1-2H3/t12-,15?/m1/s1. The van der Waals surface area contributed by atoms with Crippen LogP contribution in [0.5, 0.6) is 0 Å². The summed E-state index contributed by atoms with van der Waals surface area (Å²) in [6, 6.07) is 7.78. The Labute approximate surface area is 135 Å². The van der Waals surface area contributed by atoms with Gasteiger partial charge in [0.2, 0.25) is 0 Å². The molecule has 2 heterocycles. The molecule has 2 aromatic rings. The monoisotopic (exact) mass is 318 g/mol. The van der Waals surface area contributed by atoms with E-state index >= 15 is 0 Å². The molecule has 0 radical (unpaired) electrons. The van der Waals surface area contributed by atoms with Gasteiger partial charge < -0.3 is 13.9 Å². The smallest absolute Gasteiger partial charge is 0.336 e. The van der Waals surface area contributed by atoms with Crippen LogP contribution < -0.4 is 0 Å². The summed E-state index contributed by atoms with van der Waals surface area (Å²) in [5, 5.41) is 0. The van der Waals surface area contributed by atoms with Gasteiger partial charge in [0.15, 0.2) is 17.6 Å².